The molecule has 9 nitrogen and oxygen atoms in total. The summed E-state index contributed by atoms with van der Waals surface area (Å²) in [4.78, 5) is 26.5. The fourth-order valence-electron chi connectivity index (χ4n) is 3.16. The Morgan fingerprint density at radius 3 is 2.83 bits per heavy atom. The number of benzene rings is 1. The van der Waals surface area contributed by atoms with E-state index in [2.05, 4.69) is 11.1 Å². The fraction of sp³-hybridized carbons (Fsp3) is 0.300. The van der Waals surface area contributed by atoms with Gasteiger partial charge in [0.15, 0.2) is 0 Å². The van der Waals surface area contributed by atoms with Crippen molar-refractivity contribution in [2.45, 2.75) is 19.9 Å². The number of hydrogen-bond acceptors (Lipinski definition) is 7. The number of carbonyl (C=O) groups excluding carboxylic acids is 1. The van der Waals surface area contributed by atoms with Crippen molar-refractivity contribution in [2.75, 3.05) is 26.0 Å². The normalized spacial score (nSPS) is 12.0. The van der Waals surface area contributed by atoms with Crippen molar-refractivity contribution in [1.82, 2.24) is 9.88 Å². The molecule has 3 N–H and O–H groups in total. The number of anilines is 1. The average molecular weight is 398 g/mol. The summed E-state index contributed by atoms with van der Waals surface area (Å²) in [5, 5.41) is 16.5. The van der Waals surface area contributed by atoms with Gasteiger partial charge in [0.1, 0.15) is 23.2 Å². The van der Waals surface area contributed by atoms with Gasteiger partial charge in [-0.2, -0.15) is 5.26 Å². The molecule has 29 heavy (non-hydrogen) atoms. The minimum Gasteiger partial charge on any atom is -0.497 e. The van der Waals surface area contributed by atoms with Gasteiger partial charge in [-0.25, -0.2) is 9.78 Å². The van der Waals surface area contributed by atoms with Gasteiger partial charge >= 0.3 is 6.09 Å². The van der Waals surface area contributed by atoms with Crippen LogP contribution in [0.3, 0.4) is 0 Å². The Kier molecular flexibility index (Phi) is 7.37. The van der Waals surface area contributed by atoms with Crippen molar-refractivity contribution in [3.8, 4) is 22.9 Å². The predicted octanol–water partition coefficient (Wildman–Crippen LogP) is 2.43. The first-order valence-corrected chi connectivity index (χ1v) is 8.85. The highest BCUT2D eigenvalue weighted by atomic mass is 16.6. The van der Waals surface area contributed by atoms with Gasteiger partial charge in [0.2, 0.25) is 0 Å². The molecule has 1 amide bonds. The van der Waals surface area contributed by atoms with Gasteiger partial charge in [-0.05, 0) is 24.6 Å². The summed E-state index contributed by atoms with van der Waals surface area (Å²) in [6, 6.07) is 9.58. The van der Waals surface area contributed by atoms with Gasteiger partial charge in [-0.15, -0.1) is 0 Å². The Bertz CT molecular complexity index is 939. The first-order chi connectivity index (χ1) is 14.0. The molecule has 2 heterocycles. The van der Waals surface area contributed by atoms with Crippen molar-refractivity contribution in [3.63, 3.8) is 0 Å². The lowest BCUT2D eigenvalue weighted by molar-refractivity contribution is -0.122. The maximum Gasteiger partial charge on any atom is 0.410 e. The second-order valence-corrected chi connectivity index (χ2v) is 5.99. The smallest absolute Gasteiger partial charge is 0.410 e. The van der Waals surface area contributed by atoms with E-state index in [1.54, 1.807) is 18.9 Å². The topological polar surface area (TPSA) is 139 Å². The summed E-state index contributed by atoms with van der Waals surface area (Å²) >= 11 is 0. The third-order valence-corrected chi connectivity index (χ3v) is 4.38. The van der Waals surface area contributed by atoms with Crippen LogP contribution >= 0.6 is 0 Å². The molecule has 1 aliphatic rings. The number of nitrogens with two attached hydrogens (primary N) is 1. The van der Waals surface area contributed by atoms with Crippen molar-refractivity contribution in [3.05, 3.63) is 41.1 Å². The average Bonchev–Trinajstić information content (AvgIpc) is 2.73. The largest absolute Gasteiger partial charge is 0.497 e. The highest BCUT2D eigenvalue weighted by Gasteiger charge is 2.28. The van der Waals surface area contributed by atoms with Crippen LogP contribution in [0.4, 0.5) is 10.6 Å². The standard InChI is InChI=1S/C19H20N4O3.CH2O2/c1-3-26-19(24)23-8-7-16-15(11-23)17(14(10-20)18(21)22-16)12-5-4-6-13(9-12)25-2;2-1-3/h4-6,9H,3,7-8,11H2,1-2H3,(H2,21,22);1H,(H,2,3). The van der Waals surface area contributed by atoms with Crippen LogP contribution in [0.1, 0.15) is 23.7 Å². The molecule has 3 rings (SSSR count). The Labute approximate surface area is 168 Å². The van der Waals surface area contributed by atoms with E-state index in [-0.39, 0.29) is 18.4 Å². The molecule has 0 fully saturated rings. The maximum atomic E-state index is 12.2. The Hall–Kier alpha value is -3.80. The maximum absolute atomic E-state index is 12.2. The van der Waals surface area contributed by atoms with E-state index in [9.17, 15) is 10.1 Å². The lowest BCUT2D eigenvalue weighted by atomic mass is 9.91. The van der Waals surface area contributed by atoms with Crippen LogP contribution in [0.2, 0.25) is 0 Å². The molecule has 0 spiro atoms. The first kappa shape index (κ1) is 21.5. The fourth-order valence-corrected chi connectivity index (χ4v) is 3.16. The number of hydrogen-bond donors (Lipinski definition) is 2. The summed E-state index contributed by atoms with van der Waals surface area (Å²) in [6.45, 7) is 2.66. The third-order valence-electron chi connectivity index (χ3n) is 4.38. The minimum absolute atomic E-state index is 0.202. The number of fused-ring (bicyclic) bond motifs is 1. The van der Waals surface area contributed by atoms with E-state index in [0.29, 0.717) is 43.0 Å². The zero-order valence-corrected chi connectivity index (χ0v) is 16.2. The Morgan fingerprint density at radius 2 is 2.21 bits per heavy atom. The van der Waals surface area contributed by atoms with Crippen LogP contribution in [0, 0.1) is 11.3 Å². The van der Waals surface area contributed by atoms with E-state index >= 15 is 0 Å². The highest BCUT2D eigenvalue weighted by molar-refractivity contribution is 5.80. The molecule has 0 atom stereocenters. The molecule has 0 saturated carbocycles. The molecule has 1 aromatic heterocycles. The summed E-state index contributed by atoms with van der Waals surface area (Å²) in [7, 11) is 1.59. The van der Waals surface area contributed by atoms with Crippen LogP contribution in [-0.2, 0) is 22.5 Å². The number of aromatic nitrogens is 1. The summed E-state index contributed by atoms with van der Waals surface area (Å²) < 4.78 is 10.4. The number of nitriles is 1. The monoisotopic (exact) mass is 398 g/mol. The third kappa shape index (κ3) is 4.73. The number of amides is 1. The van der Waals surface area contributed by atoms with Crippen molar-refractivity contribution >= 4 is 18.4 Å². The van der Waals surface area contributed by atoms with Gasteiger partial charge in [0, 0.05) is 24.1 Å². The number of carboxylic acid groups (broad SMARTS) is 1. The van der Waals surface area contributed by atoms with Crippen molar-refractivity contribution in [2.24, 2.45) is 0 Å². The zero-order chi connectivity index (χ0) is 21.4. The highest BCUT2D eigenvalue weighted by Crippen LogP contribution is 2.36. The molecule has 0 radical (unpaired) electrons. The summed E-state index contributed by atoms with van der Waals surface area (Å²) in [5.74, 6) is 0.877. The second kappa shape index (κ2) is 9.94. The van der Waals surface area contributed by atoms with Gasteiger partial charge in [0.25, 0.3) is 6.47 Å². The van der Waals surface area contributed by atoms with Crippen LogP contribution in [0.15, 0.2) is 24.3 Å². The molecule has 0 aliphatic carbocycles. The summed E-state index contributed by atoms with van der Waals surface area (Å²) in [6.07, 6.45) is 0.186. The van der Waals surface area contributed by atoms with Gasteiger partial charge in [-0.3, -0.25) is 4.79 Å². The van der Waals surface area contributed by atoms with Crippen LogP contribution in [0.5, 0.6) is 5.75 Å². The number of nitrogen functional groups attached to an aromatic ring is 1. The van der Waals surface area contributed by atoms with Crippen molar-refractivity contribution in [1.29, 1.82) is 5.26 Å². The second-order valence-electron chi connectivity index (χ2n) is 5.99. The van der Waals surface area contributed by atoms with Gasteiger partial charge in [0.05, 0.1) is 26.0 Å². The molecule has 1 aromatic carbocycles. The molecule has 0 bridgehead atoms. The quantitative estimate of drug-likeness (QED) is 0.752. The van der Waals surface area contributed by atoms with E-state index in [1.165, 1.54) is 0 Å². The number of ether oxygens (including phenoxy) is 2. The van der Waals surface area contributed by atoms with Crippen LogP contribution < -0.4 is 10.5 Å². The van der Waals surface area contributed by atoms with Crippen LogP contribution in [-0.4, -0.2) is 47.8 Å². The molecular formula is C20H22N4O5. The lowest BCUT2D eigenvalue weighted by Gasteiger charge is -2.29. The molecule has 0 unspecified atom stereocenters. The number of nitrogens with zero attached hydrogens (tertiary/aromatic N) is 3. The lowest BCUT2D eigenvalue weighted by Crippen LogP contribution is -2.37. The zero-order valence-electron chi connectivity index (χ0n) is 16.2. The number of methoxy groups -OCH3 is 1. The van der Waals surface area contributed by atoms with E-state index < -0.39 is 0 Å². The molecule has 2 aromatic rings. The predicted molar refractivity (Wildman–Crippen MR) is 105 cm³/mol. The van der Waals surface area contributed by atoms with Crippen LogP contribution in [0.25, 0.3) is 11.1 Å². The van der Waals surface area contributed by atoms with E-state index in [1.807, 2.05) is 24.3 Å². The first-order valence-electron chi connectivity index (χ1n) is 8.85. The minimum atomic E-state index is -0.370. The number of pyridine rings is 1. The molecular weight excluding hydrogens is 376 g/mol. The SMILES string of the molecule is CCOC(=O)N1CCc2nc(N)c(C#N)c(-c3cccc(OC)c3)c2C1.O=CO. The van der Waals surface area contributed by atoms with Gasteiger partial charge < -0.3 is 25.2 Å². The molecule has 1 aliphatic heterocycles. The van der Waals surface area contributed by atoms with E-state index in [4.69, 9.17) is 25.1 Å². The molecule has 9 heteroatoms. The Morgan fingerprint density at radius 1 is 1.48 bits per heavy atom. The number of carbonyl (C=O) groups is 2. The van der Waals surface area contributed by atoms with E-state index in [0.717, 1.165) is 16.8 Å². The summed E-state index contributed by atoms with van der Waals surface area (Å²) in [5.41, 5.74) is 9.47. The molecule has 152 valence electrons. The number of rotatable bonds is 3. The molecule has 0 saturated heterocycles. The van der Waals surface area contributed by atoms with Crippen molar-refractivity contribution < 1.29 is 24.2 Å². The Balaban J connectivity index is 0.000000941. The van der Waals surface area contributed by atoms with Gasteiger partial charge in [-0.1, -0.05) is 12.1 Å².